The molecule has 3 N–H and O–H groups in total. The summed E-state index contributed by atoms with van der Waals surface area (Å²) in [5.74, 6) is -0.592. The molecule has 1 rings (SSSR count). The van der Waals surface area contributed by atoms with Crippen LogP contribution in [0.2, 0.25) is 0 Å². The molecule has 0 spiro atoms. The highest BCUT2D eigenvalue weighted by Gasteiger charge is 2.14. The summed E-state index contributed by atoms with van der Waals surface area (Å²) in [5, 5.41) is 13.4. The number of nitrogens with one attached hydrogen (secondary N) is 2. The van der Waals surface area contributed by atoms with Crippen LogP contribution in [0.5, 0.6) is 5.75 Å². The molecule has 0 aromatic heterocycles. The molecule has 1 aromatic carbocycles. The third kappa shape index (κ3) is 3.67. The first kappa shape index (κ1) is 12.8. The lowest BCUT2D eigenvalue weighted by atomic mass is 10.3. The number of benzene rings is 1. The largest absolute Gasteiger partial charge is 0.495 e. The number of anilines is 1. The first-order valence-electron chi connectivity index (χ1n) is 4.98. The van der Waals surface area contributed by atoms with Gasteiger partial charge in [-0.15, -0.1) is 0 Å². The zero-order valence-electron chi connectivity index (χ0n) is 9.56. The molecule has 0 saturated heterocycles. The molecule has 0 saturated carbocycles. The third-order valence-corrected chi connectivity index (χ3v) is 2.07. The maximum Gasteiger partial charge on any atom is 0.325 e. The zero-order chi connectivity index (χ0) is 12.8. The van der Waals surface area contributed by atoms with Crippen LogP contribution in [0.25, 0.3) is 0 Å². The number of amides is 2. The monoisotopic (exact) mass is 238 g/mol. The van der Waals surface area contributed by atoms with E-state index in [1.165, 1.54) is 14.0 Å². The molecule has 0 heterocycles. The van der Waals surface area contributed by atoms with Crippen molar-refractivity contribution >= 4 is 17.7 Å². The summed E-state index contributed by atoms with van der Waals surface area (Å²) in [5.41, 5.74) is 0.477. The Bertz CT molecular complexity index is 420. The normalized spacial score (nSPS) is 11.4. The van der Waals surface area contributed by atoms with Crippen LogP contribution in [0.1, 0.15) is 6.92 Å². The van der Waals surface area contributed by atoms with Crippen LogP contribution in [0, 0.1) is 0 Å². The molecular formula is C11H14N2O4. The molecule has 0 aliphatic carbocycles. The van der Waals surface area contributed by atoms with E-state index in [0.29, 0.717) is 11.4 Å². The van der Waals surface area contributed by atoms with Gasteiger partial charge in [0.05, 0.1) is 12.8 Å². The fourth-order valence-electron chi connectivity index (χ4n) is 1.16. The Balaban J connectivity index is 2.65. The van der Waals surface area contributed by atoms with Crippen molar-refractivity contribution in [1.29, 1.82) is 0 Å². The van der Waals surface area contributed by atoms with Crippen LogP contribution >= 0.6 is 0 Å². The van der Waals surface area contributed by atoms with Crippen LogP contribution < -0.4 is 15.4 Å². The van der Waals surface area contributed by atoms with Gasteiger partial charge in [0.2, 0.25) is 0 Å². The lowest BCUT2D eigenvalue weighted by Gasteiger charge is -2.12. The summed E-state index contributed by atoms with van der Waals surface area (Å²) in [6.45, 7) is 1.38. The number of carboxylic acid groups (broad SMARTS) is 1. The average Bonchev–Trinajstić information content (AvgIpc) is 2.29. The highest BCUT2D eigenvalue weighted by molar-refractivity contribution is 5.93. The Morgan fingerprint density at radius 2 is 2.00 bits per heavy atom. The third-order valence-electron chi connectivity index (χ3n) is 2.07. The fourth-order valence-corrected chi connectivity index (χ4v) is 1.16. The number of carboxylic acids is 1. The van der Waals surface area contributed by atoms with Gasteiger partial charge in [0.15, 0.2) is 0 Å². The molecule has 17 heavy (non-hydrogen) atoms. The Morgan fingerprint density at radius 3 is 2.59 bits per heavy atom. The average molecular weight is 238 g/mol. The minimum atomic E-state index is -1.10. The summed E-state index contributed by atoms with van der Waals surface area (Å²) in [6, 6.07) is 5.30. The van der Waals surface area contributed by atoms with Gasteiger partial charge in [0, 0.05) is 0 Å². The van der Waals surface area contributed by atoms with Crippen molar-refractivity contribution in [2.45, 2.75) is 13.0 Å². The molecule has 1 atom stereocenters. The second-order valence-electron chi connectivity index (χ2n) is 3.36. The van der Waals surface area contributed by atoms with Crippen LogP contribution in [0.15, 0.2) is 24.3 Å². The number of hydrogen-bond donors (Lipinski definition) is 3. The molecule has 1 aromatic rings. The van der Waals surface area contributed by atoms with E-state index in [1.54, 1.807) is 24.3 Å². The molecule has 6 nitrogen and oxygen atoms in total. The number of methoxy groups -OCH3 is 1. The van der Waals surface area contributed by atoms with Crippen molar-refractivity contribution in [1.82, 2.24) is 5.32 Å². The van der Waals surface area contributed by atoms with Crippen molar-refractivity contribution in [2.24, 2.45) is 0 Å². The van der Waals surface area contributed by atoms with Crippen LogP contribution in [0.4, 0.5) is 10.5 Å². The number of aliphatic carboxylic acids is 1. The Hall–Kier alpha value is -2.24. The first-order chi connectivity index (χ1) is 8.04. The Kier molecular flexibility index (Phi) is 4.33. The SMILES string of the molecule is COc1ccccc1NC(=O)NC(C)C(=O)O. The van der Waals surface area contributed by atoms with Crippen molar-refractivity contribution in [3.63, 3.8) is 0 Å². The van der Waals surface area contributed by atoms with E-state index < -0.39 is 18.0 Å². The summed E-state index contributed by atoms with van der Waals surface area (Å²) in [4.78, 5) is 22.0. The van der Waals surface area contributed by atoms with Gasteiger partial charge in [-0.25, -0.2) is 4.79 Å². The molecule has 0 radical (unpaired) electrons. The Morgan fingerprint density at radius 1 is 1.35 bits per heavy atom. The van der Waals surface area contributed by atoms with E-state index in [1.807, 2.05) is 0 Å². The molecular weight excluding hydrogens is 224 g/mol. The lowest BCUT2D eigenvalue weighted by molar-refractivity contribution is -0.138. The molecule has 0 aliphatic heterocycles. The van der Waals surface area contributed by atoms with Gasteiger partial charge in [0.25, 0.3) is 0 Å². The van der Waals surface area contributed by atoms with Crippen molar-refractivity contribution in [3.05, 3.63) is 24.3 Å². The van der Waals surface area contributed by atoms with Crippen LogP contribution in [-0.4, -0.2) is 30.3 Å². The van der Waals surface area contributed by atoms with Gasteiger partial charge >= 0.3 is 12.0 Å². The predicted octanol–water partition coefficient (Wildman–Crippen LogP) is 1.29. The number of urea groups is 1. The number of carbonyl (C=O) groups excluding carboxylic acids is 1. The smallest absolute Gasteiger partial charge is 0.325 e. The molecule has 2 amide bonds. The number of rotatable bonds is 4. The number of para-hydroxylation sites is 2. The van der Waals surface area contributed by atoms with Gasteiger partial charge in [0.1, 0.15) is 11.8 Å². The van der Waals surface area contributed by atoms with E-state index in [0.717, 1.165) is 0 Å². The number of carbonyl (C=O) groups is 2. The fraction of sp³-hybridized carbons (Fsp3) is 0.273. The van der Waals surface area contributed by atoms with Crippen LogP contribution in [-0.2, 0) is 4.79 Å². The van der Waals surface area contributed by atoms with Gasteiger partial charge in [-0.3, -0.25) is 4.79 Å². The van der Waals surface area contributed by atoms with Gasteiger partial charge < -0.3 is 20.5 Å². The van der Waals surface area contributed by atoms with E-state index in [4.69, 9.17) is 9.84 Å². The van der Waals surface area contributed by atoms with Gasteiger partial charge in [-0.2, -0.15) is 0 Å². The molecule has 0 fully saturated rings. The maximum atomic E-state index is 11.5. The highest BCUT2D eigenvalue weighted by atomic mass is 16.5. The van der Waals surface area contributed by atoms with E-state index in [9.17, 15) is 9.59 Å². The summed E-state index contributed by atoms with van der Waals surface area (Å²) in [7, 11) is 1.48. The quantitative estimate of drug-likeness (QED) is 0.737. The maximum absolute atomic E-state index is 11.5. The van der Waals surface area contributed by atoms with Crippen molar-refractivity contribution < 1.29 is 19.4 Å². The van der Waals surface area contributed by atoms with E-state index >= 15 is 0 Å². The van der Waals surface area contributed by atoms with Gasteiger partial charge in [-0.05, 0) is 19.1 Å². The number of ether oxygens (including phenoxy) is 1. The summed E-state index contributed by atoms with van der Waals surface area (Å²) < 4.78 is 5.04. The highest BCUT2D eigenvalue weighted by Crippen LogP contribution is 2.22. The van der Waals surface area contributed by atoms with E-state index in [-0.39, 0.29) is 0 Å². The number of hydrogen-bond acceptors (Lipinski definition) is 3. The predicted molar refractivity (Wildman–Crippen MR) is 62.2 cm³/mol. The van der Waals surface area contributed by atoms with Crippen LogP contribution in [0.3, 0.4) is 0 Å². The lowest BCUT2D eigenvalue weighted by Crippen LogP contribution is -2.40. The molecule has 0 bridgehead atoms. The standard InChI is InChI=1S/C11H14N2O4/c1-7(10(14)15)12-11(16)13-8-5-3-4-6-9(8)17-2/h3-7H,1-2H3,(H,14,15)(H2,12,13,16). The Labute approximate surface area is 98.6 Å². The van der Waals surface area contributed by atoms with Crippen molar-refractivity contribution in [2.75, 3.05) is 12.4 Å². The second-order valence-corrected chi connectivity index (χ2v) is 3.36. The molecule has 0 aliphatic rings. The summed E-state index contributed by atoms with van der Waals surface area (Å²) >= 11 is 0. The van der Waals surface area contributed by atoms with E-state index in [2.05, 4.69) is 10.6 Å². The first-order valence-corrected chi connectivity index (χ1v) is 4.98. The second kappa shape index (κ2) is 5.74. The zero-order valence-corrected chi connectivity index (χ0v) is 9.56. The minimum Gasteiger partial charge on any atom is -0.495 e. The topological polar surface area (TPSA) is 87.7 Å². The molecule has 6 heteroatoms. The molecule has 1 unspecified atom stereocenters. The van der Waals surface area contributed by atoms with Crippen molar-refractivity contribution in [3.8, 4) is 5.75 Å². The minimum absolute atomic E-state index is 0.477. The molecule has 92 valence electrons. The summed E-state index contributed by atoms with van der Waals surface area (Å²) in [6.07, 6.45) is 0. The van der Waals surface area contributed by atoms with Gasteiger partial charge in [-0.1, -0.05) is 12.1 Å².